The maximum atomic E-state index is 12.6. The molecule has 3 unspecified atom stereocenters. The van der Waals surface area contributed by atoms with Crippen LogP contribution < -0.4 is 26.3 Å². The van der Waals surface area contributed by atoms with Gasteiger partial charge in [0.25, 0.3) is 0 Å². The third-order valence-corrected chi connectivity index (χ3v) is 11.8. The summed E-state index contributed by atoms with van der Waals surface area (Å²) >= 11 is 7.84. The highest BCUT2D eigenvalue weighted by Crippen LogP contribution is 2.59. The third kappa shape index (κ3) is 7.71. The van der Waals surface area contributed by atoms with Gasteiger partial charge in [0.2, 0.25) is 0 Å². The summed E-state index contributed by atoms with van der Waals surface area (Å²) in [6.45, 7) is 4.14. The molecule has 43 heavy (non-hydrogen) atoms. The van der Waals surface area contributed by atoms with E-state index in [4.69, 9.17) is 16.3 Å². The molecule has 0 aliphatic heterocycles. The van der Waals surface area contributed by atoms with Gasteiger partial charge in [0.15, 0.2) is 12.4 Å². The Morgan fingerprint density at radius 3 is 2.51 bits per heavy atom. The Balaban J connectivity index is 0.00000368. The number of aryl methyl sites for hydroxylation is 2. The van der Waals surface area contributed by atoms with E-state index in [1.54, 1.807) is 5.56 Å². The lowest BCUT2D eigenvalue weighted by Gasteiger charge is -2.48. The van der Waals surface area contributed by atoms with E-state index in [2.05, 4.69) is 66.3 Å². The maximum absolute atomic E-state index is 12.6. The van der Waals surface area contributed by atoms with Crippen LogP contribution in [0.25, 0.3) is 0 Å². The van der Waals surface area contributed by atoms with E-state index in [0.717, 1.165) is 61.8 Å². The fourth-order valence-corrected chi connectivity index (χ4v) is 8.94. The van der Waals surface area contributed by atoms with Crippen molar-refractivity contribution >= 4 is 29.1 Å². The van der Waals surface area contributed by atoms with Gasteiger partial charge in [0.1, 0.15) is 18.1 Å². The van der Waals surface area contributed by atoms with Crippen LogP contribution >= 0.6 is 23.4 Å². The van der Waals surface area contributed by atoms with Crippen LogP contribution in [0.2, 0.25) is 5.02 Å². The number of ether oxygens (including phenoxy) is 1. The normalized spacial score (nSPS) is 24.0. The summed E-state index contributed by atoms with van der Waals surface area (Å²) in [5.74, 6) is 4.46. The lowest BCUT2D eigenvalue weighted by molar-refractivity contribution is -0.697. The minimum absolute atomic E-state index is 0. The van der Waals surface area contributed by atoms with Crippen LogP contribution in [0.1, 0.15) is 93.7 Å². The van der Waals surface area contributed by atoms with Crippen molar-refractivity contribution in [3.05, 3.63) is 88.7 Å². The molecular weight excluding hydrogens is 638 g/mol. The second-order valence-corrected chi connectivity index (χ2v) is 14.5. The Kier molecular flexibility index (Phi) is 11.3. The van der Waals surface area contributed by atoms with Gasteiger partial charge < -0.3 is 21.7 Å². The summed E-state index contributed by atoms with van der Waals surface area (Å²) in [5, 5.41) is 0.790. The monoisotopic (exact) mass is 681 g/mol. The van der Waals surface area contributed by atoms with Gasteiger partial charge in [-0.15, -0.1) is 11.8 Å². The fourth-order valence-electron chi connectivity index (χ4n) is 7.97. The van der Waals surface area contributed by atoms with Crippen LogP contribution in [-0.2, 0) is 23.5 Å². The molecule has 0 radical (unpaired) electrons. The molecule has 0 amide bonds. The first-order valence-corrected chi connectivity index (χ1v) is 17.5. The number of carbonyl (C=O) groups excluding carboxylic acids is 1. The molecule has 2 fully saturated rings. The van der Waals surface area contributed by atoms with Gasteiger partial charge in [0.05, 0.1) is 6.61 Å². The van der Waals surface area contributed by atoms with Gasteiger partial charge in [-0.3, -0.25) is 4.79 Å². The summed E-state index contributed by atoms with van der Waals surface area (Å²) in [6, 6.07) is 19.4. The number of halogens is 2. The summed E-state index contributed by atoms with van der Waals surface area (Å²) in [7, 11) is 0. The molecule has 3 nitrogen and oxygen atoms in total. The minimum atomic E-state index is -0.0370. The van der Waals surface area contributed by atoms with Crippen LogP contribution in [0.15, 0.2) is 71.9 Å². The van der Waals surface area contributed by atoms with E-state index in [0.29, 0.717) is 23.5 Å². The number of rotatable bonds is 12. The first kappa shape index (κ1) is 32.6. The van der Waals surface area contributed by atoms with E-state index in [1.165, 1.54) is 54.5 Å². The van der Waals surface area contributed by atoms with Gasteiger partial charge in [-0.1, -0.05) is 49.6 Å². The number of fused-ring (bicyclic) bond motifs is 5. The summed E-state index contributed by atoms with van der Waals surface area (Å²) in [5.41, 5.74) is 4.30. The number of pyridine rings is 1. The second-order valence-electron chi connectivity index (χ2n) is 13.0. The molecule has 0 saturated heterocycles. The van der Waals surface area contributed by atoms with Crippen molar-refractivity contribution in [2.24, 2.45) is 17.3 Å². The van der Waals surface area contributed by atoms with E-state index in [1.807, 2.05) is 23.9 Å². The second kappa shape index (κ2) is 15.0. The van der Waals surface area contributed by atoms with Gasteiger partial charge >= 0.3 is 0 Å². The summed E-state index contributed by atoms with van der Waals surface area (Å²) in [6.07, 6.45) is 17.0. The van der Waals surface area contributed by atoms with Crippen LogP contribution in [0.5, 0.6) is 5.75 Å². The average Bonchev–Trinajstić information content (AvgIpc) is 3.32. The van der Waals surface area contributed by atoms with Gasteiger partial charge in [0, 0.05) is 46.1 Å². The zero-order valence-corrected chi connectivity index (χ0v) is 28.6. The number of carbonyl (C=O) groups is 1. The predicted octanol–water partition coefficient (Wildman–Crippen LogP) is 6.38. The van der Waals surface area contributed by atoms with Crippen LogP contribution in [0, 0.1) is 17.3 Å². The Labute approximate surface area is 277 Å². The molecule has 6 heteroatoms. The number of hydrogen-bond acceptors (Lipinski definition) is 3. The standard InChI is InChI=1S/C37H45ClNO2S.BrH/c1-37-20-17-33-32-14-12-30(25-28(32)9-13-34(33)35(37)15-16-36(37)40)41-24-6-4-2-3-5-21-39-22-18-31(19-23-39)42-26-27-7-10-29(38)11-8-27;/h7-8,10-12,14,18-19,22-23,25,33-35H,2-6,9,13,15-17,20-21,24,26H2,1H3;1H/q+1;/p-1/t33?,34?,35?,37-;/m0./s1. The summed E-state index contributed by atoms with van der Waals surface area (Å²) in [4.78, 5) is 13.9. The topological polar surface area (TPSA) is 30.2 Å². The molecule has 1 heterocycles. The van der Waals surface area contributed by atoms with Crippen LogP contribution in [-0.4, -0.2) is 12.4 Å². The SMILES string of the molecule is C[C@]12CCC3c4ccc(OCCCCCCC[n+]5ccc(SCc6ccc(Cl)cc6)cc5)cc4CCC3C1CCC2=O.[Br-]. The maximum Gasteiger partial charge on any atom is 0.169 e. The van der Waals surface area contributed by atoms with Crippen molar-refractivity contribution in [2.75, 3.05) is 6.61 Å². The van der Waals surface area contributed by atoms with Gasteiger partial charge in [-0.25, -0.2) is 4.57 Å². The molecule has 3 aliphatic carbocycles. The smallest absolute Gasteiger partial charge is 0.169 e. The Morgan fingerprint density at radius 1 is 0.930 bits per heavy atom. The lowest BCUT2D eigenvalue weighted by atomic mass is 9.55. The molecule has 1 aromatic heterocycles. The van der Waals surface area contributed by atoms with Crippen molar-refractivity contribution in [3.8, 4) is 5.75 Å². The molecule has 230 valence electrons. The van der Waals surface area contributed by atoms with Gasteiger partial charge in [-0.05, 0) is 104 Å². The fraction of sp³-hybridized carbons (Fsp3) is 0.514. The van der Waals surface area contributed by atoms with Crippen molar-refractivity contribution in [3.63, 3.8) is 0 Å². The molecule has 0 N–H and O–H groups in total. The predicted molar refractivity (Wildman–Crippen MR) is 172 cm³/mol. The number of Topliss-reactive ketones (excluding diaryl/α,β-unsaturated/α-hetero) is 1. The highest BCUT2D eigenvalue weighted by atomic mass is 79.9. The number of ketones is 1. The van der Waals surface area contributed by atoms with Crippen LogP contribution in [0.4, 0.5) is 0 Å². The third-order valence-electron chi connectivity index (χ3n) is 10.4. The van der Waals surface area contributed by atoms with Crippen molar-refractivity contribution in [2.45, 2.75) is 101 Å². The molecule has 4 atom stereocenters. The molecule has 0 bridgehead atoms. The minimum Gasteiger partial charge on any atom is -1.00 e. The van der Waals surface area contributed by atoms with E-state index in [9.17, 15) is 4.79 Å². The van der Waals surface area contributed by atoms with E-state index >= 15 is 0 Å². The zero-order valence-electron chi connectivity index (χ0n) is 25.4. The molecular formula is C37H45BrClNO2S. The molecule has 3 aromatic rings. The molecule has 2 aromatic carbocycles. The molecule has 2 saturated carbocycles. The average molecular weight is 683 g/mol. The zero-order chi connectivity index (χ0) is 28.9. The summed E-state index contributed by atoms with van der Waals surface area (Å²) < 4.78 is 8.49. The quantitative estimate of drug-likeness (QED) is 0.126. The number of nitrogens with zero attached hydrogens (tertiary/aromatic N) is 1. The number of benzene rings is 2. The number of unbranched alkanes of at least 4 members (excludes halogenated alkanes) is 4. The first-order valence-electron chi connectivity index (χ1n) is 16.1. The Morgan fingerprint density at radius 2 is 1.70 bits per heavy atom. The molecule has 3 aliphatic rings. The highest BCUT2D eigenvalue weighted by molar-refractivity contribution is 7.98. The first-order chi connectivity index (χ1) is 20.5. The van der Waals surface area contributed by atoms with Gasteiger partial charge in [-0.2, -0.15) is 0 Å². The van der Waals surface area contributed by atoms with Crippen molar-refractivity contribution in [1.29, 1.82) is 0 Å². The number of hydrogen-bond donors (Lipinski definition) is 0. The van der Waals surface area contributed by atoms with Crippen LogP contribution in [0.3, 0.4) is 0 Å². The van der Waals surface area contributed by atoms with E-state index < -0.39 is 0 Å². The van der Waals surface area contributed by atoms with E-state index in [-0.39, 0.29) is 22.4 Å². The number of thioether (sulfide) groups is 1. The number of aromatic nitrogens is 1. The van der Waals surface area contributed by atoms with Crippen molar-refractivity contribution < 1.29 is 31.1 Å². The lowest BCUT2D eigenvalue weighted by Crippen LogP contribution is -3.00. The highest BCUT2D eigenvalue weighted by Gasteiger charge is 2.54. The molecule has 6 rings (SSSR count). The Bertz CT molecular complexity index is 1360. The molecule has 0 spiro atoms. The van der Waals surface area contributed by atoms with Crippen molar-refractivity contribution in [1.82, 2.24) is 0 Å². The Hall–Kier alpha value is -1.82. The largest absolute Gasteiger partial charge is 1.00 e.